The monoisotopic (exact) mass is 178 g/mol. The van der Waals surface area contributed by atoms with Gasteiger partial charge >= 0.3 is 0 Å². The van der Waals surface area contributed by atoms with Crippen molar-refractivity contribution < 1.29 is 4.74 Å². The van der Waals surface area contributed by atoms with Crippen molar-refractivity contribution in [1.29, 1.82) is 0 Å². The molecule has 4 aliphatic rings. The van der Waals surface area contributed by atoms with Gasteiger partial charge < -0.3 is 4.74 Å². The predicted octanol–water partition coefficient (Wildman–Crippen LogP) is 2.74. The van der Waals surface area contributed by atoms with Gasteiger partial charge in [-0.25, -0.2) is 0 Å². The Hall–Kier alpha value is -0.0400. The molecule has 0 radical (unpaired) electrons. The lowest BCUT2D eigenvalue weighted by molar-refractivity contribution is 0.0165. The van der Waals surface area contributed by atoms with Crippen molar-refractivity contribution in [3.63, 3.8) is 0 Å². The SMILES string of the molecule is CC12CCC3CC14CCC2CC4O3. The van der Waals surface area contributed by atoms with Crippen molar-refractivity contribution in [1.82, 2.24) is 0 Å². The fourth-order valence-corrected chi connectivity index (χ4v) is 5.26. The summed E-state index contributed by atoms with van der Waals surface area (Å²) in [5.74, 6) is 1.01. The van der Waals surface area contributed by atoms with Crippen molar-refractivity contribution in [3.05, 3.63) is 0 Å². The third kappa shape index (κ3) is 0.562. The second-order valence-electron chi connectivity index (χ2n) is 6.03. The van der Waals surface area contributed by atoms with Crippen LogP contribution in [0.5, 0.6) is 0 Å². The predicted molar refractivity (Wildman–Crippen MR) is 50.4 cm³/mol. The smallest absolute Gasteiger partial charge is 0.0644 e. The molecule has 1 saturated heterocycles. The summed E-state index contributed by atoms with van der Waals surface area (Å²) in [5, 5.41) is 0. The molecule has 4 rings (SSSR count). The highest BCUT2D eigenvalue weighted by Gasteiger charge is 2.71. The Morgan fingerprint density at radius 3 is 3.08 bits per heavy atom. The van der Waals surface area contributed by atoms with Gasteiger partial charge in [0.25, 0.3) is 0 Å². The maximum Gasteiger partial charge on any atom is 0.0644 e. The van der Waals surface area contributed by atoms with Crippen molar-refractivity contribution in [2.24, 2.45) is 16.7 Å². The third-order valence-corrected chi connectivity index (χ3v) is 6.03. The molecule has 0 aromatic heterocycles. The first-order valence-corrected chi connectivity index (χ1v) is 5.90. The quantitative estimate of drug-likeness (QED) is 0.554. The van der Waals surface area contributed by atoms with E-state index in [1.165, 1.54) is 38.5 Å². The molecule has 3 aliphatic carbocycles. The lowest BCUT2D eigenvalue weighted by Gasteiger charge is -2.43. The minimum Gasteiger partial charge on any atom is -0.374 e. The molecule has 0 amide bonds. The molecular weight excluding hydrogens is 160 g/mol. The first-order valence-electron chi connectivity index (χ1n) is 5.90. The summed E-state index contributed by atoms with van der Waals surface area (Å²) >= 11 is 0. The Morgan fingerprint density at radius 2 is 2.15 bits per heavy atom. The fraction of sp³-hybridized carbons (Fsp3) is 1.00. The van der Waals surface area contributed by atoms with E-state index >= 15 is 0 Å². The van der Waals surface area contributed by atoms with Crippen molar-refractivity contribution in [2.45, 2.75) is 57.7 Å². The molecule has 3 bridgehead atoms. The number of ether oxygens (including phenoxy) is 1. The average molecular weight is 178 g/mol. The van der Waals surface area contributed by atoms with Gasteiger partial charge in [0.05, 0.1) is 12.2 Å². The Kier molecular flexibility index (Phi) is 1.03. The zero-order valence-corrected chi connectivity index (χ0v) is 8.38. The zero-order chi connectivity index (χ0) is 8.68. The first kappa shape index (κ1) is 7.28. The van der Waals surface area contributed by atoms with Gasteiger partial charge in [-0.2, -0.15) is 0 Å². The summed E-state index contributed by atoms with van der Waals surface area (Å²) in [6, 6.07) is 0. The molecule has 13 heavy (non-hydrogen) atoms. The van der Waals surface area contributed by atoms with Gasteiger partial charge in [0, 0.05) is 5.41 Å². The fourth-order valence-electron chi connectivity index (χ4n) is 5.26. The Morgan fingerprint density at radius 1 is 1.23 bits per heavy atom. The van der Waals surface area contributed by atoms with Gasteiger partial charge in [-0.3, -0.25) is 0 Å². The molecule has 72 valence electrons. The van der Waals surface area contributed by atoms with Crippen LogP contribution < -0.4 is 0 Å². The van der Waals surface area contributed by atoms with E-state index in [0.29, 0.717) is 23.0 Å². The van der Waals surface area contributed by atoms with Gasteiger partial charge in [0.15, 0.2) is 0 Å². The Bertz CT molecular complexity index is 274. The van der Waals surface area contributed by atoms with Gasteiger partial charge in [-0.05, 0) is 49.9 Å². The summed E-state index contributed by atoms with van der Waals surface area (Å²) in [6.07, 6.45) is 9.92. The Labute approximate surface area is 79.8 Å². The van der Waals surface area contributed by atoms with Gasteiger partial charge in [-0.1, -0.05) is 6.92 Å². The van der Waals surface area contributed by atoms with E-state index in [9.17, 15) is 0 Å². The van der Waals surface area contributed by atoms with E-state index in [1.807, 2.05) is 0 Å². The molecule has 1 nitrogen and oxygen atoms in total. The van der Waals surface area contributed by atoms with Crippen LogP contribution in [-0.4, -0.2) is 12.2 Å². The lowest BCUT2D eigenvalue weighted by Crippen LogP contribution is -2.39. The van der Waals surface area contributed by atoms with Crippen molar-refractivity contribution in [2.75, 3.05) is 0 Å². The summed E-state index contributed by atoms with van der Waals surface area (Å²) in [6.45, 7) is 2.57. The maximum absolute atomic E-state index is 6.17. The second kappa shape index (κ2) is 1.84. The molecule has 4 fully saturated rings. The molecule has 0 aromatic rings. The van der Waals surface area contributed by atoms with Crippen LogP contribution >= 0.6 is 0 Å². The standard InChI is InChI=1S/C12H18O/c1-11-4-3-9-7-12(11)5-2-8(11)6-10(12)13-9/h8-10H,2-7H2,1H3. The van der Waals surface area contributed by atoms with E-state index in [1.54, 1.807) is 0 Å². The average Bonchev–Trinajstić information content (AvgIpc) is 2.66. The molecule has 5 atom stereocenters. The van der Waals surface area contributed by atoms with E-state index in [2.05, 4.69) is 6.92 Å². The topological polar surface area (TPSA) is 9.23 Å². The van der Waals surface area contributed by atoms with Crippen LogP contribution in [0.15, 0.2) is 0 Å². The Balaban J connectivity index is 1.93. The van der Waals surface area contributed by atoms with E-state index < -0.39 is 0 Å². The van der Waals surface area contributed by atoms with Gasteiger partial charge in [0.2, 0.25) is 0 Å². The van der Waals surface area contributed by atoms with E-state index in [0.717, 1.165) is 5.92 Å². The van der Waals surface area contributed by atoms with Crippen LogP contribution in [0.2, 0.25) is 0 Å². The summed E-state index contributed by atoms with van der Waals surface area (Å²) in [4.78, 5) is 0. The molecule has 0 N–H and O–H groups in total. The molecule has 1 spiro atoms. The van der Waals surface area contributed by atoms with Crippen LogP contribution in [0.4, 0.5) is 0 Å². The van der Waals surface area contributed by atoms with E-state index in [4.69, 9.17) is 4.74 Å². The molecule has 1 heteroatoms. The molecular formula is C12H18O. The highest BCUT2D eigenvalue weighted by Crippen LogP contribution is 2.75. The van der Waals surface area contributed by atoms with Crippen molar-refractivity contribution in [3.8, 4) is 0 Å². The number of hydrogen-bond donors (Lipinski definition) is 0. The zero-order valence-electron chi connectivity index (χ0n) is 8.38. The first-order chi connectivity index (χ1) is 6.25. The molecule has 0 aromatic carbocycles. The lowest BCUT2D eigenvalue weighted by atomic mass is 9.60. The largest absolute Gasteiger partial charge is 0.374 e. The minimum absolute atomic E-state index is 0.650. The van der Waals surface area contributed by atoms with Crippen LogP contribution in [0.1, 0.15) is 45.4 Å². The summed E-state index contributed by atoms with van der Waals surface area (Å²) in [5.41, 5.74) is 1.34. The number of rotatable bonds is 0. The number of fused-ring (bicyclic) bond motifs is 1. The van der Waals surface area contributed by atoms with Crippen molar-refractivity contribution >= 4 is 0 Å². The second-order valence-corrected chi connectivity index (χ2v) is 6.03. The minimum atomic E-state index is 0.650. The maximum atomic E-state index is 6.17. The van der Waals surface area contributed by atoms with Crippen LogP contribution in [0, 0.1) is 16.7 Å². The molecule has 1 aliphatic heterocycles. The van der Waals surface area contributed by atoms with Crippen LogP contribution in [0.25, 0.3) is 0 Å². The highest BCUT2D eigenvalue weighted by molar-refractivity contribution is 5.20. The summed E-state index contributed by atoms with van der Waals surface area (Å²) < 4.78 is 6.17. The number of hydrogen-bond acceptors (Lipinski definition) is 1. The van der Waals surface area contributed by atoms with Gasteiger partial charge in [0.1, 0.15) is 0 Å². The summed E-state index contributed by atoms with van der Waals surface area (Å²) in [7, 11) is 0. The normalized spacial score (nSPS) is 67.6. The van der Waals surface area contributed by atoms with E-state index in [-0.39, 0.29) is 0 Å². The van der Waals surface area contributed by atoms with Crippen LogP contribution in [0.3, 0.4) is 0 Å². The third-order valence-electron chi connectivity index (χ3n) is 6.03. The molecule has 3 saturated carbocycles. The molecule has 5 unspecified atom stereocenters. The highest BCUT2D eigenvalue weighted by atomic mass is 16.5. The van der Waals surface area contributed by atoms with Crippen LogP contribution in [-0.2, 0) is 4.74 Å². The van der Waals surface area contributed by atoms with Gasteiger partial charge in [-0.15, -0.1) is 0 Å². The molecule has 1 heterocycles.